The van der Waals surface area contributed by atoms with E-state index in [1.54, 1.807) is 0 Å². The molecule has 8 nitrogen and oxygen atoms in total. The first kappa shape index (κ1) is 17.1. The van der Waals surface area contributed by atoms with Gasteiger partial charge in [0, 0.05) is 29.6 Å². The normalized spacial score (nSPS) is 9.26. The smallest absolute Gasteiger partial charge is 0.337 e. The molecule has 1 radical (unpaired) electrons. The third-order valence-corrected chi connectivity index (χ3v) is 2.09. The monoisotopic (exact) mass is 277 g/mol. The number of carboxylic acid groups (broad SMARTS) is 4. The van der Waals surface area contributed by atoms with Crippen molar-refractivity contribution < 1.29 is 39.6 Å². The third kappa shape index (κ3) is 3.31. The number of carbonyl (C=O) groups is 4. The summed E-state index contributed by atoms with van der Waals surface area (Å²) in [4.78, 5) is 43.4. The third-order valence-electron chi connectivity index (χ3n) is 2.09. The van der Waals surface area contributed by atoms with Crippen LogP contribution in [-0.2, 0) is 0 Å². The predicted octanol–water partition coefficient (Wildman–Crippen LogP) is 0.0986. The van der Waals surface area contributed by atoms with Crippen molar-refractivity contribution in [1.82, 2.24) is 0 Å². The maximum Gasteiger partial charge on any atom is 0.337 e. The van der Waals surface area contributed by atoms with Crippen molar-refractivity contribution in [2.75, 3.05) is 0 Å². The van der Waals surface area contributed by atoms with Crippen LogP contribution in [0.4, 0.5) is 0 Å². The first-order valence-corrected chi connectivity index (χ1v) is 4.37. The maximum atomic E-state index is 10.9. The van der Waals surface area contributed by atoms with Crippen LogP contribution < -0.4 is 0 Å². The average molecular weight is 277 g/mol. The molecule has 0 aliphatic rings. The zero-order chi connectivity index (χ0) is 14.0. The Morgan fingerprint density at radius 3 is 1.05 bits per heavy atom. The van der Waals surface area contributed by atoms with Crippen LogP contribution in [0, 0.1) is 0 Å². The Morgan fingerprint density at radius 2 is 0.895 bits per heavy atom. The van der Waals surface area contributed by atoms with Gasteiger partial charge >= 0.3 is 23.9 Å². The van der Waals surface area contributed by atoms with Gasteiger partial charge in [-0.1, -0.05) is 0 Å². The Kier molecular flexibility index (Phi) is 5.69. The fourth-order valence-corrected chi connectivity index (χ4v) is 1.40. The molecule has 0 bridgehead atoms. The number of hydrogen-bond donors (Lipinski definition) is 4. The van der Waals surface area contributed by atoms with E-state index in [2.05, 4.69) is 0 Å². The molecule has 0 heterocycles. The van der Waals surface area contributed by atoms with Crippen LogP contribution in [0.25, 0.3) is 0 Å². The summed E-state index contributed by atoms with van der Waals surface area (Å²) in [6.45, 7) is 0. The molecule has 0 spiro atoms. The second-order valence-electron chi connectivity index (χ2n) is 3.13. The van der Waals surface area contributed by atoms with Crippen LogP contribution in [0.2, 0.25) is 0 Å². The average Bonchev–Trinajstić information content (AvgIpc) is 2.26. The summed E-state index contributed by atoms with van der Waals surface area (Å²) in [7, 11) is 0. The molecule has 0 aliphatic heterocycles. The van der Waals surface area contributed by atoms with Gasteiger partial charge in [0.25, 0.3) is 0 Å². The summed E-state index contributed by atoms with van der Waals surface area (Å²) in [6, 6.07) is 1.48. The summed E-state index contributed by atoms with van der Waals surface area (Å²) >= 11 is 0. The second kappa shape index (κ2) is 6.32. The molecular formula is C10H6NaO8. The van der Waals surface area contributed by atoms with Crippen molar-refractivity contribution in [3.63, 3.8) is 0 Å². The Morgan fingerprint density at radius 1 is 0.632 bits per heavy atom. The number of benzene rings is 1. The summed E-state index contributed by atoms with van der Waals surface area (Å²) in [6.07, 6.45) is 0. The SMILES string of the molecule is O=C(O)c1ccc(C(=O)O)c(C(=O)O)c1C(=O)O.[Na]. The van der Waals surface area contributed by atoms with Crippen LogP contribution in [0.5, 0.6) is 0 Å². The number of rotatable bonds is 4. The standard InChI is InChI=1S/C10H6O8.Na/c11-7(12)3-1-2-4(8(13)14)6(10(17)18)5(3)9(15)16;/h1-2H,(H,11,12)(H,13,14)(H,15,16)(H,17,18);. The van der Waals surface area contributed by atoms with E-state index < -0.39 is 46.1 Å². The van der Waals surface area contributed by atoms with Gasteiger partial charge in [-0.25, -0.2) is 19.2 Å². The van der Waals surface area contributed by atoms with Crippen molar-refractivity contribution in [3.8, 4) is 0 Å². The molecule has 0 unspecified atom stereocenters. The molecule has 0 aliphatic carbocycles. The molecular weight excluding hydrogens is 271 g/mol. The zero-order valence-electron chi connectivity index (χ0n) is 9.58. The number of hydrogen-bond acceptors (Lipinski definition) is 4. The number of aromatic carboxylic acids is 4. The summed E-state index contributed by atoms with van der Waals surface area (Å²) < 4.78 is 0. The molecule has 0 amide bonds. The van der Waals surface area contributed by atoms with E-state index in [1.807, 2.05) is 0 Å². The molecule has 0 saturated heterocycles. The Bertz CT molecular complexity index is 526. The molecule has 1 aromatic rings. The van der Waals surface area contributed by atoms with Gasteiger partial charge in [0.2, 0.25) is 0 Å². The van der Waals surface area contributed by atoms with Gasteiger partial charge < -0.3 is 20.4 Å². The second-order valence-corrected chi connectivity index (χ2v) is 3.13. The largest absolute Gasteiger partial charge is 0.478 e. The van der Waals surface area contributed by atoms with E-state index in [9.17, 15) is 19.2 Å². The van der Waals surface area contributed by atoms with Crippen LogP contribution in [0.1, 0.15) is 41.4 Å². The van der Waals surface area contributed by atoms with Crippen molar-refractivity contribution in [3.05, 3.63) is 34.4 Å². The summed E-state index contributed by atoms with van der Waals surface area (Å²) in [5.74, 6) is -6.97. The molecule has 4 N–H and O–H groups in total. The first-order chi connectivity index (χ1) is 8.27. The van der Waals surface area contributed by atoms with Crippen LogP contribution in [0.15, 0.2) is 12.1 Å². The fraction of sp³-hybridized carbons (Fsp3) is 0. The number of carboxylic acids is 4. The zero-order valence-corrected chi connectivity index (χ0v) is 11.6. The minimum Gasteiger partial charge on any atom is -0.478 e. The molecule has 0 saturated carbocycles. The van der Waals surface area contributed by atoms with Gasteiger partial charge in [0.05, 0.1) is 22.3 Å². The topological polar surface area (TPSA) is 149 Å². The van der Waals surface area contributed by atoms with Crippen molar-refractivity contribution in [2.45, 2.75) is 0 Å². The maximum absolute atomic E-state index is 10.9. The van der Waals surface area contributed by atoms with Crippen LogP contribution >= 0.6 is 0 Å². The van der Waals surface area contributed by atoms with Crippen molar-refractivity contribution in [1.29, 1.82) is 0 Å². The Hall–Kier alpha value is -1.90. The fourth-order valence-electron chi connectivity index (χ4n) is 1.40. The van der Waals surface area contributed by atoms with Crippen molar-refractivity contribution >= 4 is 53.4 Å². The molecule has 0 fully saturated rings. The molecule has 19 heavy (non-hydrogen) atoms. The predicted molar refractivity (Wildman–Crippen MR) is 60.0 cm³/mol. The van der Waals surface area contributed by atoms with E-state index in [-0.39, 0.29) is 29.6 Å². The van der Waals surface area contributed by atoms with Gasteiger partial charge in [-0.05, 0) is 12.1 Å². The molecule has 1 rings (SSSR count). The van der Waals surface area contributed by atoms with Gasteiger partial charge in [-0.15, -0.1) is 0 Å². The molecule has 9 heteroatoms. The van der Waals surface area contributed by atoms with Gasteiger partial charge in [-0.3, -0.25) is 0 Å². The quantitative estimate of drug-likeness (QED) is 0.566. The van der Waals surface area contributed by atoms with E-state index >= 15 is 0 Å². The Balaban J connectivity index is 0.00000324. The minimum absolute atomic E-state index is 0. The Labute approximate surface area is 127 Å². The van der Waals surface area contributed by atoms with E-state index in [0.29, 0.717) is 0 Å². The van der Waals surface area contributed by atoms with E-state index in [4.69, 9.17) is 20.4 Å². The van der Waals surface area contributed by atoms with E-state index in [0.717, 1.165) is 12.1 Å². The van der Waals surface area contributed by atoms with Crippen molar-refractivity contribution in [2.24, 2.45) is 0 Å². The first-order valence-electron chi connectivity index (χ1n) is 4.37. The molecule has 0 atom stereocenters. The van der Waals surface area contributed by atoms with E-state index in [1.165, 1.54) is 0 Å². The molecule has 1 aromatic carbocycles. The van der Waals surface area contributed by atoms with Gasteiger partial charge in [-0.2, -0.15) is 0 Å². The van der Waals surface area contributed by atoms with Gasteiger partial charge in [0.15, 0.2) is 0 Å². The summed E-state index contributed by atoms with van der Waals surface area (Å²) in [5, 5.41) is 35.2. The van der Waals surface area contributed by atoms with Crippen LogP contribution in [-0.4, -0.2) is 73.9 Å². The van der Waals surface area contributed by atoms with Gasteiger partial charge in [0.1, 0.15) is 0 Å². The molecule has 0 aromatic heterocycles. The minimum atomic E-state index is -1.83. The van der Waals surface area contributed by atoms with Crippen LogP contribution in [0.3, 0.4) is 0 Å². The molecule has 95 valence electrons. The summed E-state index contributed by atoms with van der Waals surface area (Å²) in [5.41, 5.74) is -3.69.